The van der Waals surface area contributed by atoms with E-state index in [-0.39, 0.29) is 10.8 Å². The van der Waals surface area contributed by atoms with Gasteiger partial charge in [-0.2, -0.15) is 4.31 Å². The van der Waals surface area contributed by atoms with Crippen LogP contribution >= 0.6 is 0 Å². The van der Waals surface area contributed by atoms with Gasteiger partial charge in [-0.1, -0.05) is 26.0 Å². The van der Waals surface area contributed by atoms with Gasteiger partial charge in [0.15, 0.2) is 0 Å². The van der Waals surface area contributed by atoms with Crippen LogP contribution in [0.1, 0.15) is 41.8 Å². The summed E-state index contributed by atoms with van der Waals surface area (Å²) in [6.07, 6.45) is 1.05. The van der Waals surface area contributed by atoms with Gasteiger partial charge in [-0.3, -0.25) is 4.79 Å². The van der Waals surface area contributed by atoms with Gasteiger partial charge in [0.25, 0.3) is 5.91 Å². The molecular formula is C22H28N2O3S. The smallest absolute Gasteiger partial charge is 0.255 e. The molecule has 3 rings (SSSR count). The Morgan fingerprint density at radius 1 is 1.00 bits per heavy atom. The summed E-state index contributed by atoms with van der Waals surface area (Å²) in [7, 11) is -3.54. The Bertz CT molecular complexity index is 958. The third-order valence-corrected chi connectivity index (χ3v) is 7.29. The minimum atomic E-state index is -3.54. The molecule has 1 aliphatic heterocycles. The first-order valence-electron chi connectivity index (χ1n) is 9.66. The van der Waals surface area contributed by atoms with Crippen LogP contribution in [0.2, 0.25) is 0 Å². The van der Waals surface area contributed by atoms with Crippen LogP contribution in [0.15, 0.2) is 47.4 Å². The molecule has 1 aliphatic rings. The second-order valence-corrected chi connectivity index (χ2v) is 9.93. The quantitative estimate of drug-likeness (QED) is 0.835. The van der Waals surface area contributed by atoms with E-state index in [0.717, 1.165) is 23.2 Å². The van der Waals surface area contributed by atoms with Crippen molar-refractivity contribution in [1.82, 2.24) is 4.31 Å². The molecule has 0 aromatic heterocycles. The molecule has 1 saturated heterocycles. The summed E-state index contributed by atoms with van der Waals surface area (Å²) < 4.78 is 27.5. The van der Waals surface area contributed by atoms with Crippen molar-refractivity contribution in [2.45, 2.75) is 39.0 Å². The fourth-order valence-electron chi connectivity index (χ4n) is 3.81. The number of hydrogen-bond acceptors (Lipinski definition) is 3. The second kappa shape index (κ2) is 8.05. The van der Waals surface area contributed by atoms with Gasteiger partial charge in [0.1, 0.15) is 0 Å². The lowest BCUT2D eigenvalue weighted by atomic mass is 9.94. The number of piperidine rings is 1. The van der Waals surface area contributed by atoms with Crippen LogP contribution in [0.4, 0.5) is 5.69 Å². The summed E-state index contributed by atoms with van der Waals surface area (Å²) in [5, 5.41) is 2.90. The van der Waals surface area contributed by atoms with Crippen molar-refractivity contribution in [3.05, 3.63) is 59.2 Å². The number of nitrogens with one attached hydrogen (secondary N) is 1. The molecule has 0 unspecified atom stereocenters. The maximum Gasteiger partial charge on any atom is 0.255 e. The Kier molecular flexibility index (Phi) is 5.91. The minimum Gasteiger partial charge on any atom is -0.322 e. The van der Waals surface area contributed by atoms with E-state index in [4.69, 9.17) is 0 Å². The lowest BCUT2D eigenvalue weighted by Crippen LogP contribution is -2.42. The van der Waals surface area contributed by atoms with Gasteiger partial charge in [0.2, 0.25) is 10.0 Å². The summed E-state index contributed by atoms with van der Waals surface area (Å²) in [5.74, 6) is 0.445. The first-order chi connectivity index (χ1) is 13.2. The zero-order chi connectivity index (χ0) is 20.5. The number of rotatable bonds is 4. The van der Waals surface area contributed by atoms with E-state index in [0.29, 0.717) is 30.5 Å². The molecule has 1 fully saturated rings. The molecule has 1 N–H and O–H groups in total. The molecule has 2 aromatic carbocycles. The molecule has 6 heteroatoms. The van der Waals surface area contributed by atoms with Crippen molar-refractivity contribution in [3.63, 3.8) is 0 Å². The van der Waals surface area contributed by atoms with E-state index in [1.807, 2.05) is 32.0 Å². The molecular weight excluding hydrogens is 372 g/mol. The number of sulfonamides is 1. The van der Waals surface area contributed by atoms with Gasteiger partial charge in [0.05, 0.1) is 4.90 Å². The fourth-order valence-corrected chi connectivity index (χ4v) is 5.49. The van der Waals surface area contributed by atoms with Gasteiger partial charge in [0, 0.05) is 24.3 Å². The number of carbonyl (C=O) groups excluding carboxylic acids is 1. The van der Waals surface area contributed by atoms with E-state index < -0.39 is 10.0 Å². The highest BCUT2D eigenvalue weighted by Gasteiger charge is 2.31. The van der Waals surface area contributed by atoms with Gasteiger partial charge >= 0.3 is 0 Å². The van der Waals surface area contributed by atoms with Gasteiger partial charge in [-0.15, -0.1) is 0 Å². The zero-order valence-corrected chi connectivity index (χ0v) is 17.7. The number of benzene rings is 2. The molecule has 0 aliphatic carbocycles. The van der Waals surface area contributed by atoms with E-state index in [1.165, 1.54) is 12.1 Å². The highest BCUT2D eigenvalue weighted by Crippen LogP contribution is 2.27. The Labute approximate surface area is 167 Å². The predicted molar refractivity (Wildman–Crippen MR) is 112 cm³/mol. The van der Waals surface area contributed by atoms with Crippen molar-refractivity contribution in [1.29, 1.82) is 0 Å². The molecule has 1 heterocycles. The van der Waals surface area contributed by atoms with Crippen LogP contribution in [0, 0.1) is 25.7 Å². The van der Waals surface area contributed by atoms with E-state index in [9.17, 15) is 13.2 Å². The summed E-state index contributed by atoms with van der Waals surface area (Å²) >= 11 is 0. The fraction of sp³-hybridized carbons (Fsp3) is 0.409. The van der Waals surface area contributed by atoms with Crippen LogP contribution < -0.4 is 5.32 Å². The summed E-state index contributed by atoms with van der Waals surface area (Å²) in [6.45, 7) is 9.20. The van der Waals surface area contributed by atoms with Gasteiger partial charge in [-0.05, 0) is 73.6 Å². The second-order valence-electron chi connectivity index (χ2n) is 7.99. The topological polar surface area (TPSA) is 66.5 Å². The lowest BCUT2D eigenvalue weighted by molar-refractivity contribution is 0.102. The first kappa shape index (κ1) is 20.6. The average molecular weight is 401 g/mol. The minimum absolute atomic E-state index is 0.233. The van der Waals surface area contributed by atoms with E-state index in [2.05, 4.69) is 19.2 Å². The Morgan fingerprint density at radius 2 is 1.61 bits per heavy atom. The molecule has 5 nitrogen and oxygen atoms in total. The van der Waals surface area contributed by atoms with Crippen molar-refractivity contribution in [2.75, 3.05) is 18.4 Å². The van der Waals surface area contributed by atoms with Crippen molar-refractivity contribution >= 4 is 21.6 Å². The molecule has 28 heavy (non-hydrogen) atoms. The normalized spacial score (nSPS) is 20.7. The number of hydrogen-bond donors (Lipinski definition) is 1. The largest absolute Gasteiger partial charge is 0.322 e. The lowest BCUT2D eigenvalue weighted by Gasteiger charge is -2.34. The van der Waals surface area contributed by atoms with Crippen LogP contribution in [-0.4, -0.2) is 31.7 Å². The summed E-state index contributed by atoms with van der Waals surface area (Å²) in [4.78, 5) is 12.8. The Balaban J connectivity index is 1.77. The van der Waals surface area contributed by atoms with Crippen molar-refractivity contribution in [2.24, 2.45) is 11.8 Å². The SMILES string of the molecule is Cc1cccc(NC(=O)c2ccc(S(=O)(=O)N3C[C@H](C)C[C@@H](C)C3)cc2)c1C. The number of aryl methyl sites for hydroxylation is 1. The van der Waals surface area contributed by atoms with Crippen molar-refractivity contribution in [3.8, 4) is 0 Å². The summed E-state index contributed by atoms with van der Waals surface area (Å²) in [6, 6.07) is 11.9. The zero-order valence-electron chi connectivity index (χ0n) is 16.9. The van der Waals surface area contributed by atoms with E-state index >= 15 is 0 Å². The molecule has 150 valence electrons. The molecule has 0 bridgehead atoms. The highest BCUT2D eigenvalue weighted by molar-refractivity contribution is 7.89. The van der Waals surface area contributed by atoms with Crippen molar-refractivity contribution < 1.29 is 13.2 Å². The van der Waals surface area contributed by atoms with Gasteiger partial charge in [-0.25, -0.2) is 8.42 Å². The van der Waals surface area contributed by atoms with E-state index in [1.54, 1.807) is 16.4 Å². The maximum absolute atomic E-state index is 13.0. The molecule has 0 radical (unpaired) electrons. The number of anilines is 1. The number of nitrogens with zero attached hydrogens (tertiary/aromatic N) is 1. The molecule has 0 saturated carbocycles. The molecule has 2 aromatic rings. The maximum atomic E-state index is 13.0. The standard InChI is InChI=1S/C22H28N2O3S/c1-15-12-16(2)14-24(13-15)28(26,27)20-10-8-19(9-11-20)22(25)23-21-7-5-6-17(3)18(21)4/h5-11,15-16H,12-14H2,1-4H3,(H,23,25)/t15-,16-/m1/s1. The first-order valence-corrected chi connectivity index (χ1v) is 11.1. The van der Waals surface area contributed by atoms with Crippen LogP contribution in [0.5, 0.6) is 0 Å². The van der Waals surface area contributed by atoms with Crippen LogP contribution in [0.25, 0.3) is 0 Å². The van der Waals surface area contributed by atoms with Gasteiger partial charge < -0.3 is 5.32 Å². The van der Waals surface area contributed by atoms with Crippen LogP contribution in [0.3, 0.4) is 0 Å². The third kappa shape index (κ3) is 4.28. The third-order valence-electron chi connectivity index (χ3n) is 5.44. The van der Waals surface area contributed by atoms with Crippen LogP contribution in [-0.2, 0) is 10.0 Å². The molecule has 0 spiro atoms. The number of amides is 1. The summed E-state index contributed by atoms with van der Waals surface area (Å²) in [5.41, 5.74) is 3.31. The number of carbonyl (C=O) groups is 1. The Hall–Kier alpha value is -2.18. The molecule has 1 amide bonds. The monoisotopic (exact) mass is 400 g/mol. The highest BCUT2D eigenvalue weighted by atomic mass is 32.2. The predicted octanol–water partition coefficient (Wildman–Crippen LogP) is 4.22. The Morgan fingerprint density at radius 3 is 2.21 bits per heavy atom. The molecule has 2 atom stereocenters. The average Bonchev–Trinajstić information content (AvgIpc) is 2.64.